The average Bonchev–Trinajstić information content (AvgIpc) is 2.66. The third kappa shape index (κ3) is 5.17. The predicted molar refractivity (Wildman–Crippen MR) is 94.0 cm³/mol. The second-order valence-electron chi connectivity index (χ2n) is 5.12. The van der Waals surface area contributed by atoms with Crippen LogP contribution in [0.15, 0.2) is 53.6 Å². The number of methoxy groups -OCH3 is 1. The summed E-state index contributed by atoms with van der Waals surface area (Å²) in [6, 6.07) is 13.2. The molecule has 8 heteroatoms. The predicted octanol–water partition coefficient (Wildman–Crippen LogP) is 1.16. The third-order valence-electron chi connectivity index (χ3n) is 3.38. The lowest BCUT2D eigenvalue weighted by atomic mass is 10.1. The molecule has 0 unspecified atom stereocenters. The molecule has 2 aromatic rings. The summed E-state index contributed by atoms with van der Waals surface area (Å²) in [6.07, 6.45) is 1.16. The molecule has 0 aromatic heterocycles. The van der Waals surface area contributed by atoms with E-state index >= 15 is 0 Å². The average molecular weight is 355 g/mol. The van der Waals surface area contributed by atoms with E-state index in [4.69, 9.17) is 9.84 Å². The van der Waals surface area contributed by atoms with Gasteiger partial charge in [0.05, 0.1) is 18.9 Å². The van der Waals surface area contributed by atoms with E-state index in [-0.39, 0.29) is 12.1 Å². The van der Waals surface area contributed by atoms with Gasteiger partial charge >= 0.3 is 17.8 Å². The van der Waals surface area contributed by atoms with Crippen molar-refractivity contribution in [2.75, 3.05) is 7.11 Å². The fourth-order valence-electron chi connectivity index (χ4n) is 2.02. The van der Waals surface area contributed by atoms with Gasteiger partial charge in [-0.15, -0.1) is 0 Å². The Hall–Kier alpha value is -3.68. The van der Waals surface area contributed by atoms with E-state index in [0.29, 0.717) is 11.3 Å². The van der Waals surface area contributed by atoms with Crippen LogP contribution in [0.25, 0.3) is 0 Å². The molecule has 0 saturated heterocycles. The fourth-order valence-corrected chi connectivity index (χ4v) is 2.02. The quantitative estimate of drug-likeness (QED) is 0.408. The molecule has 2 amide bonds. The van der Waals surface area contributed by atoms with E-state index in [0.717, 1.165) is 11.8 Å². The van der Waals surface area contributed by atoms with Crippen LogP contribution in [0.5, 0.6) is 5.75 Å². The van der Waals surface area contributed by atoms with Gasteiger partial charge in [0.25, 0.3) is 0 Å². The molecule has 0 saturated carbocycles. The number of rotatable bonds is 6. The number of benzene rings is 2. The smallest absolute Gasteiger partial charge is 0.336 e. The minimum Gasteiger partial charge on any atom is -0.497 e. The van der Waals surface area contributed by atoms with Crippen LogP contribution in [0.1, 0.15) is 21.5 Å². The van der Waals surface area contributed by atoms with E-state index in [2.05, 4.69) is 15.8 Å². The number of aromatic carboxylic acids is 1. The zero-order valence-corrected chi connectivity index (χ0v) is 13.9. The summed E-state index contributed by atoms with van der Waals surface area (Å²) >= 11 is 0. The third-order valence-corrected chi connectivity index (χ3v) is 3.38. The van der Waals surface area contributed by atoms with Crippen LogP contribution in [-0.4, -0.2) is 36.2 Å². The normalized spacial score (nSPS) is 10.3. The van der Waals surface area contributed by atoms with E-state index in [1.165, 1.54) is 12.1 Å². The molecule has 26 heavy (non-hydrogen) atoms. The van der Waals surface area contributed by atoms with Gasteiger partial charge in [0, 0.05) is 12.1 Å². The summed E-state index contributed by atoms with van der Waals surface area (Å²) in [5, 5.41) is 15.1. The topological polar surface area (TPSA) is 117 Å². The van der Waals surface area contributed by atoms with Gasteiger partial charge in [0.1, 0.15) is 5.75 Å². The van der Waals surface area contributed by atoms with Gasteiger partial charge in [-0.1, -0.05) is 30.3 Å². The number of carbonyl (C=O) groups is 3. The van der Waals surface area contributed by atoms with Crippen molar-refractivity contribution >= 4 is 24.0 Å². The number of carboxylic acids is 1. The van der Waals surface area contributed by atoms with E-state index in [1.54, 1.807) is 43.5 Å². The summed E-state index contributed by atoms with van der Waals surface area (Å²) in [4.78, 5) is 34.5. The summed E-state index contributed by atoms with van der Waals surface area (Å²) < 4.78 is 5.03. The van der Waals surface area contributed by atoms with Crippen molar-refractivity contribution in [1.29, 1.82) is 0 Å². The van der Waals surface area contributed by atoms with Crippen LogP contribution in [0.3, 0.4) is 0 Å². The lowest BCUT2D eigenvalue weighted by Crippen LogP contribution is -2.37. The molecule has 0 bridgehead atoms. The maximum absolute atomic E-state index is 11.7. The Labute approximate surface area is 149 Å². The molecule has 0 aliphatic rings. The summed E-state index contributed by atoms with van der Waals surface area (Å²) in [7, 11) is 1.55. The number of hydrogen-bond donors (Lipinski definition) is 3. The Morgan fingerprint density at radius 3 is 2.42 bits per heavy atom. The highest BCUT2D eigenvalue weighted by Crippen LogP contribution is 2.10. The lowest BCUT2D eigenvalue weighted by Gasteiger charge is -2.05. The van der Waals surface area contributed by atoms with E-state index < -0.39 is 17.8 Å². The van der Waals surface area contributed by atoms with Gasteiger partial charge in [-0.2, -0.15) is 5.10 Å². The summed E-state index contributed by atoms with van der Waals surface area (Å²) in [6.45, 7) is 0.168. The van der Waals surface area contributed by atoms with Crippen LogP contribution in [0, 0.1) is 0 Å². The minimum absolute atomic E-state index is 0.0365. The molecule has 0 heterocycles. The number of hydrazone groups is 1. The maximum atomic E-state index is 11.7. The molecule has 8 nitrogen and oxygen atoms in total. The highest BCUT2D eigenvalue weighted by Gasteiger charge is 2.12. The van der Waals surface area contributed by atoms with Gasteiger partial charge < -0.3 is 15.2 Å². The Morgan fingerprint density at radius 1 is 1.08 bits per heavy atom. The SMILES string of the molecule is COc1ccc(CNC(=O)C(=O)N/N=C\c2ccccc2C(=O)O)cc1. The highest BCUT2D eigenvalue weighted by molar-refractivity contribution is 6.35. The van der Waals surface area contributed by atoms with Crippen molar-refractivity contribution in [1.82, 2.24) is 10.7 Å². The fraction of sp³-hybridized carbons (Fsp3) is 0.111. The standard InChI is InChI=1S/C18H17N3O5/c1-26-14-8-6-12(7-9-14)10-19-16(22)17(23)21-20-11-13-4-2-3-5-15(13)18(24)25/h2-9,11H,10H2,1H3,(H,19,22)(H,21,23)(H,24,25)/b20-11-. The molecule has 0 aliphatic heterocycles. The zero-order chi connectivity index (χ0) is 18.9. The Morgan fingerprint density at radius 2 is 1.77 bits per heavy atom. The lowest BCUT2D eigenvalue weighted by molar-refractivity contribution is -0.139. The number of hydrogen-bond acceptors (Lipinski definition) is 5. The van der Waals surface area contributed by atoms with Crippen LogP contribution >= 0.6 is 0 Å². The van der Waals surface area contributed by atoms with Crippen molar-refractivity contribution in [3.63, 3.8) is 0 Å². The number of nitrogens with one attached hydrogen (secondary N) is 2. The molecular formula is C18H17N3O5. The first-order valence-corrected chi connectivity index (χ1v) is 7.57. The first-order valence-electron chi connectivity index (χ1n) is 7.57. The number of carbonyl (C=O) groups excluding carboxylic acids is 2. The van der Waals surface area contributed by atoms with Crippen molar-refractivity contribution in [2.45, 2.75) is 6.54 Å². The van der Waals surface area contributed by atoms with Crippen molar-refractivity contribution in [2.24, 2.45) is 5.10 Å². The summed E-state index contributed by atoms with van der Waals surface area (Å²) in [5.41, 5.74) is 3.20. The second-order valence-corrected chi connectivity index (χ2v) is 5.12. The van der Waals surface area contributed by atoms with Gasteiger partial charge in [0.2, 0.25) is 0 Å². The van der Waals surface area contributed by atoms with Gasteiger partial charge in [-0.05, 0) is 23.8 Å². The zero-order valence-electron chi connectivity index (χ0n) is 13.9. The molecule has 2 rings (SSSR count). The summed E-state index contributed by atoms with van der Waals surface area (Å²) in [5.74, 6) is -2.24. The van der Waals surface area contributed by atoms with Crippen LogP contribution in [0.4, 0.5) is 0 Å². The van der Waals surface area contributed by atoms with Crippen molar-refractivity contribution < 1.29 is 24.2 Å². The van der Waals surface area contributed by atoms with Crippen molar-refractivity contribution in [3.8, 4) is 5.75 Å². The number of ether oxygens (including phenoxy) is 1. The number of carboxylic acid groups (broad SMARTS) is 1. The minimum atomic E-state index is -1.12. The maximum Gasteiger partial charge on any atom is 0.336 e. The molecule has 2 aromatic carbocycles. The van der Waals surface area contributed by atoms with Gasteiger partial charge in [-0.25, -0.2) is 10.2 Å². The number of nitrogens with zero attached hydrogens (tertiary/aromatic N) is 1. The highest BCUT2D eigenvalue weighted by atomic mass is 16.5. The molecule has 0 atom stereocenters. The van der Waals surface area contributed by atoms with Crippen LogP contribution in [-0.2, 0) is 16.1 Å². The van der Waals surface area contributed by atoms with E-state index in [9.17, 15) is 14.4 Å². The van der Waals surface area contributed by atoms with Crippen LogP contribution < -0.4 is 15.5 Å². The second kappa shape index (κ2) is 8.97. The molecule has 134 valence electrons. The van der Waals surface area contributed by atoms with Gasteiger partial charge in [-0.3, -0.25) is 9.59 Å². The van der Waals surface area contributed by atoms with Gasteiger partial charge in [0.15, 0.2) is 0 Å². The largest absolute Gasteiger partial charge is 0.497 e. The molecule has 3 N–H and O–H groups in total. The monoisotopic (exact) mass is 355 g/mol. The molecule has 0 radical (unpaired) electrons. The first kappa shape index (κ1) is 18.7. The number of amides is 2. The Bertz CT molecular complexity index is 831. The molecule has 0 fully saturated rings. The first-order chi connectivity index (χ1) is 12.5. The Balaban J connectivity index is 1.87. The van der Waals surface area contributed by atoms with E-state index in [1.807, 2.05) is 0 Å². The molecule has 0 spiro atoms. The molecule has 0 aliphatic carbocycles. The molecular weight excluding hydrogens is 338 g/mol. The Kier molecular flexibility index (Phi) is 6.44. The van der Waals surface area contributed by atoms with Crippen LogP contribution in [0.2, 0.25) is 0 Å². The van der Waals surface area contributed by atoms with Crippen molar-refractivity contribution in [3.05, 3.63) is 65.2 Å².